The van der Waals surface area contributed by atoms with Crippen molar-refractivity contribution in [3.63, 3.8) is 0 Å². The van der Waals surface area contributed by atoms with Crippen LogP contribution in [0.1, 0.15) is 37.5 Å². The summed E-state index contributed by atoms with van der Waals surface area (Å²) in [5.74, 6) is -0.351. The Labute approximate surface area is 169 Å². The molecule has 0 atom stereocenters. The van der Waals surface area contributed by atoms with E-state index in [9.17, 15) is 9.59 Å². The Morgan fingerprint density at radius 2 is 1.66 bits per heavy atom. The monoisotopic (exact) mass is 390 g/mol. The fourth-order valence-electron chi connectivity index (χ4n) is 3.06. The minimum atomic E-state index is -0.474. The molecule has 0 saturated carbocycles. The summed E-state index contributed by atoms with van der Waals surface area (Å²) in [5, 5.41) is 14.1. The molecule has 0 fully saturated rings. The standard InChI is InChI=1S/C22H22N4O3/c1-13-10-14(2)20(15(3)11-13)24-19-9-8-18(25-26-19)21(27)23-17-7-5-6-16(12-17)22(28)29-4/h5-12H,1-4H3,(H,23,27)(H,24,26). The van der Waals surface area contributed by atoms with Crippen molar-refractivity contribution in [2.24, 2.45) is 0 Å². The van der Waals surface area contributed by atoms with E-state index in [0.29, 0.717) is 17.1 Å². The molecule has 7 nitrogen and oxygen atoms in total. The third-order valence-corrected chi connectivity index (χ3v) is 4.37. The number of esters is 1. The van der Waals surface area contributed by atoms with Gasteiger partial charge in [-0.1, -0.05) is 23.8 Å². The number of hydrogen-bond acceptors (Lipinski definition) is 6. The van der Waals surface area contributed by atoms with Crippen LogP contribution in [-0.4, -0.2) is 29.2 Å². The number of carbonyl (C=O) groups excluding carboxylic acids is 2. The van der Waals surface area contributed by atoms with Crippen LogP contribution in [0.3, 0.4) is 0 Å². The van der Waals surface area contributed by atoms with E-state index in [-0.39, 0.29) is 5.69 Å². The number of benzene rings is 2. The Hall–Kier alpha value is -3.74. The molecule has 0 aliphatic carbocycles. The highest BCUT2D eigenvalue weighted by molar-refractivity contribution is 6.03. The number of carbonyl (C=O) groups is 2. The van der Waals surface area contributed by atoms with Gasteiger partial charge in [-0.05, 0) is 62.2 Å². The average molecular weight is 390 g/mol. The van der Waals surface area contributed by atoms with Crippen molar-refractivity contribution in [3.05, 3.63) is 76.5 Å². The van der Waals surface area contributed by atoms with Crippen molar-refractivity contribution in [1.82, 2.24) is 10.2 Å². The van der Waals surface area contributed by atoms with Gasteiger partial charge in [0.15, 0.2) is 11.5 Å². The number of anilines is 3. The molecular weight excluding hydrogens is 368 g/mol. The molecule has 0 spiro atoms. The predicted molar refractivity (Wildman–Crippen MR) is 112 cm³/mol. The van der Waals surface area contributed by atoms with Gasteiger partial charge >= 0.3 is 5.97 Å². The topological polar surface area (TPSA) is 93.2 Å². The second-order valence-corrected chi connectivity index (χ2v) is 6.73. The Balaban J connectivity index is 1.72. The zero-order chi connectivity index (χ0) is 21.0. The summed E-state index contributed by atoms with van der Waals surface area (Å²) in [7, 11) is 1.30. The third kappa shape index (κ3) is 4.76. The summed E-state index contributed by atoms with van der Waals surface area (Å²) in [6.07, 6.45) is 0. The zero-order valence-corrected chi connectivity index (χ0v) is 16.7. The lowest BCUT2D eigenvalue weighted by Gasteiger charge is -2.13. The minimum absolute atomic E-state index is 0.163. The van der Waals surface area contributed by atoms with E-state index in [1.807, 2.05) is 13.8 Å². The first kappa shape index (κ1) is 20.0. The van der Waals surface area contributed by atoms with E-state index in [4.69, 9.17) is 0 Å². The first-order valence-corrected chi connectivity index (χ1v) is 9.05. The van der Waals surface area contributed by atoms with Crippen LogP contribution >= 0.6 is 0 Å². The second kappa shape index (κ2) is 8.52. The molecule has 0 aliphatic heterocycles. The van der Waals surface area contributed by atoms with Crippen molar-refractivity contribution >= 4 is 29.1 Å². The number of rotatable bonds is 5. The van der Waals surface area contributed by atoms with Crippen molar-refractivity contribution in [2.45, 2.75) is 20.8 Å². The highest BCUT2D eigenvalue weighted by Gasteiger charge is 2.12. The van der Waals surface area contributed by atoms with Gasteiger partial charge < -0.3 is 15.4 Å². The van der Waals surface area contributed by atoms with Gasteiger partial charge in [-0.15, -0.1) is 10.2 Å². The molecule has 2 N–H and O–H groups in total. The van der Waals surface area contributed by atoms with Crippen LogP contribution in [0.2, 0.25) is 0 Å². The van der Waals surface area contributed by atoms with Gasteiger partial charge in [0.25, 0.3) is 5.91 Å². The molecule has 1 amide bonds. The number of nitrogens with zero attached hydrogens (tertiary/aromatic N) is 2. The van der Waals surface area contributed by atoms with Gasteiger partial charge in [-0.25, -0.2) is 4.79 Å². The van der Waals surface area contributed by atoms with Gasteiger partial charge in [-0.3, -0.25) is 4.79 Å². The summed E-state index contributed by atoms with van der Waals surface area (Å²) in [4.78, 5) is 24.0. The molecule has 148 valence electrons. The van der Waals surface area contributed by atoms with E-state index >= 15 is 0 Å². The number of aryl methyl sites for hydroxylation is 3. The molecular formula is C22H22N4O3. The van der Waals surface area contributed by atoms with E-state index < -0.39 is 11.9 Å². The zero-order valence-electron chi connectivity index (χ0n) is 16.7. The lowest BCUT2D eigenvalue weighted by atomic mass is 10.1. The molecule has 0 unspecified atom stereocenters. The Morgan fingerprint density at radius 1 is 0.931 bits per heavy atom. The Kier molecular flexibility index (Phi) is 5.87. The van der Waals surface area contributed by atoms with Gasteiger partial charge in [0, 0.05) is 11.4 Å². The van der Waals surface area contributed by atoms with Crippen LogP contribution in [-0.2, 0) is 4.74 Å². The largest absolute Gasteiger partial charge is 0.465 e. The molecule has 1 aromatic heterocycles. The smallest absolute Gasteiger partial charge is 0.337 e. The van der Waals surface area contributed by atoms with Crippen molar-refractivity contribution in [1.29, 1.82) is 0 Å². The van der Waals surface area contributed by atoms with E-state index in [2.05, 4.69) is 44.6 Å². The molecule has 3 aromatic rings. The fraction of sp³-hybridized carbons (Fsp3) is 0.182. The summed E-state index contributed by atoms with van der Waals surface area (Å²) in [5.41, 5.74) is 5.36. The molecule has 0 bridgehead atoms. The maximum atomic E-state index is 12.4. The molecule has 7 heteroatoms. The predicted octanol–water partition coefficient (Wildman–Crippen LogP) is 4.18. The molecule has 29 heavy (non-hydrogen) atoms. The maximum Gasteiger partial charge on any atom is 0.337 e. The number of nitrogens with one attached hydrogen (secondary N) is 2. The number of amides is 1. The average Bonchev–Trinajstić information content (AvgIpc) is 2.70. The number of ether oxygens (including phenoxy) is 1. The van der Waals surface area contributed by atoms with Crippen molar-refractivity contribution in [2.75, 3.05) is 17.7 Å². The first-order chi connectivity index (χ1) is 13.9. The van der Waals surface area contributed by atoms with Gasteiger partial charge in [0.1, 0.15) is 0 Å². The Bertz CT molecular complexity index is 1040. The van der Waals surface area contributed by atoms with Crippen LogP contribution in [0.4, 0.5) is 17.2 Å². The normalized spacial score (nSPS) is 10.3. The SMILES string of the molecule is COC(=O)c1cccc(NC(=O)c2ccc(Nc3c(C)cc(C)cc3C)nn2)c1. The number of aromatic nitrogens is 2. The van der Waals surface area contributed by atoms with Gasteiger partial charge in [0.2, 0.25) is 0 Å². The molecule has 2 aromatic carbocycles. The van der Waals surface area contributed by atoms with Crippen molar-refractivity contribution < 1.29 is 14.3 Å². The summed E-state index contributed by atoms with van der Waals surface area (Å²) in [6, 6.07) is 14.0. The summed E-state index contributed by atoms with van der Waals surface area (Å²) in [6.45, 7) is 6.11. The highest BCUT2D eigenvalue weighted by atomic mass is 16.5. The van der Waals surface area contributed by atoms with E-state index in [1.54, 1.807) is 30.3 Å². The number of methoxy groups -OCH3 is 1. The quantitative estimate of drug-likeness (QED) is 0.635. The van der Waals surface area contributed by atoms with Crippen LogP contribution in [0, 0.1) is 20.8 Å². The Morgan fingerprint density at radius 3 is 2.28 bits per heavy atom. The molecule has 0 radical (unpaired) electrons. The van der Waals surface area contributed by atoms with Crippen LogP contribution in [0.15, 0.2) is 48.5 Å². The van der Waals surface area contributed by atoms with Gasteiger partial charge in [0.05, 0.1) is 12.7 Å². The maximum absolute atomic E-state index is 12.4. The number of hydrogen-bond donors (Lipinski definition) is 2. The summed E-state index contributed by atoms with van der Waals surface area (Å²) < 4.78 is 4.69. The molecule has 3 rings (SSSR count). The van der Waals surface area contributed by atoms with Crippen LogP contribution in [0.5, 0.6) is 0 Å². The van der Waals surface area contributed by atoms with E-state index in [0.717, 1.165) is 16.8 Å². The van der Waals surface area contributed by atoms with Crippen LogP contribution in [0.25, 0.3) is 0 Å². The van der Waals surface area contributed by atoms with Crippen molar-refractivity contribution in [3.8, 4) is 0 Å². The summed E-state index contributed by atoms with van der Waals surface area (Å²) >= 11 is 0. The minimum Gasteiger partial charge on any atom is -0.465 e. The highest BCUT2D eigenvalue weighted by Crippen LogP contribution is 2.24. The fourth-order valence-corrected chi connectivity index (χ4v) is 3.06. The first-order valence-electron chi connectivity index (χ1n) is 9.05. The van der Waals surface area contributed by atoms with Crippen LogP contribution < -0.4 is 10.6 Å². The molecule has 1 heterocycles. The lowest BCUT2D eigenvalue weighted by Crippen LogP contribution is -2.15. The molecule has 0 aliphatic rings. The third-order valence-electron chi connectivity index (χ3n) is 4.37. The van der Waals surface area contributed by atoms with E-state index in [1.165, 1.54) is 18.7 Å². The second-order valence-electron chi connectivity index (χ2n) is 6.73. The lowest BCUT2D eigenvalue weighted by molar-refractivity contribution is 0.0600. The van der Waals surface area contributed by atoms with Gasteiger partial charge in [-0.2, -0.15) is 0 Å². The molecule has 0 saturated heterocycles.